The lowest BCUT2D eigenvalue weighted by Crippen LogP contribution is -2.33. The molecule has 0 saturated heterocycles. The Balaban J connectivity index is 1.79. The van der Waals surface area contributed by atoms with Gasteiger partial charge in [0.05, 0.1) is 11.0 Å². The Hall–Kier alpha value is -0.980. The first-order chi connectivity index (χ1) is 8.15. The van der Waals surface area contributed by atoms with Crippen molar-refractivity contribution in [2.75, 3.05) is 0 Å². The number of nitrogens with zero attached hydrogens (tertiary/aromatic N) is 1. The molecule has 0 aliphatic heterocycles. The van der Waals surface area contributed by atoms with E-state index in [1.54, 1.807) is 12.1 Å². The smallest absolute Gasteiger partial charge is 0.324 e. The highest BCUT2D eigenvalue weighted by Gasteiger charge is 2.19. The molecule has 94 valence electrons. The fraction of sp³-hybridized carbons (Fsp3) is 0.636. The standard InChI is InChI=1S/C11H16N2O3S/c14-9-3-1-8(2-4-9)12-7-10-5-6-11(17-10)13(15)16/h5-6,8-9,12,14H,1-4,7H2. The lowest BCUT2D eigenvalue weighted by atomic mass is 9.93. The first-order valence-corrected chi connectivity index (χ1v) is 6.61. The molecule has 6 heteroatoms. The SMILES string of the molecule is O=[N+]([O-])c1ccc(CNC2CCC(O)CC2)s1. The molecular weight excluding hydrogens is 240 g/mol. The van der Waals surface area contributed by atoms with E-state index in [0.717, 1.165) is 30.6 Å². The second-order valence-electron chi connectivity index (χ2n) is 4.38. The average Bonchev–Trinajstić information content (AvgIpc) is 2.77. The first-order valence-electron chi connectivity index (χ1n) is 5.79. The summed E-state index contributed by atoms with van der Waals surface area (Å²) in [6, 6.07) is 3.78. The van der Waals surface area contributed by atoms with Gasteiger partial charge in [0, 0.05) is 23.5 Å². The highest BCUT2D eigenvalue weighted by Crippen LogP contribution is 2.24. The van der Waals surface area contributed by atoms with Crippen molar-refractivity contribution in [2.24, 2.45) is 0 Å². The third-order valence-electron chi connectivity index (χ3n) is 3.09. The molecule has 2 N–H and O–H groups in total. The molecule has 1 heterocycles. The van der Waals surface area contributed by atoms with Crippen LogP contribution in [0.15, 0.2) is 12.1 Å². The summed E-state index contributed by atoms with van der Waals surface area (Å²) in [7, 11) is 0. The van der Waals surface area contributed by atoms with Crippen LogP contribution in [0.1, 0.15) is 30.6 Å². The van der Waals surface area contributed by atoms with Crippen molar-refractivity contribution in [3.8, 4) is 0 Å². The average molecular weight is 256 g/mol. The number of thiophene rings is 1. The van der Waals surface area contributed by atoms with Gasteiger partial charge in [-0.3, -0.25) is 10.1 Å². The first kappa shape index (κ1) is 12.5. The van der Waals surface area contributed by atoms with E-state index in [9.17, 15) is 15.2 Å². The number of nitro groups is 1. The van der Waals surface area contributed by atoms with E-state index >= 15 is 0 Å². The summed E-state index contributed by atoms with van der Waals surface area (Å²) in [6.07, 6.45) is 3.52. The third-order valence-corrected chi connectivity index (χ3v) is 4.13. The monoisotopic (exact) mass is 256 g/mol. The zero-order valence-corrected chi connectivity index (χ0v) is 10.3. The Morgan fingerprint density at radius 2 is 2.12 bits per heavy atom. The van der Waals surface area contributed by atoms with Crippen molar-refractivity contribution >= 4 is 16.3 Å². The number of aliphatic hydroxyl groups is 1. The zero-order valence-electron chi connectivity index (χ0n) is 9.46. The number of rotatable bonds is 4. The largest absolute Gasteiger partial charge is 0.393 e. The minimum atomic E-state index is -0.356. The second kappa shape index (κ2) is 5.57. The summed E-state index contributed by atoms with van der Waals surface area (Å²) in [6.45, 7) is 0.680. The molecule has 0 radical (unpaired) electrons. The minimum Gasteiger partial charge on any atom is -0.393 e. The van der Waals surface area contributed by atoms with E-state index in [2.05, 4.69) is 5.32 Å². The molecule has 0 unspecified atom stereocenters. The van der Waals surface area contributed by atoms with Crippen molar-refractivity contribution < 1.29 is 10.0 Å². The summed E-state index contributed by atoms with van der Waals surface area (Å²) in [5.41, 5.74) is 0. The molecule has 1 aliphatic carbocycles. The van der Waals surface area contributed by atoms with Gasteiger partial charge in [0.25, 0.3) is 0 Å². The van der Waals surface area contributed by atoms with E-state index in [-0.39, 0.29) is 16.0 Å². The molecule has 17 heavy (non-hydrogen) atoms. The molecule has 0 bridgehead atoms. The molecule has 1 saturated carbocycles. The molecule has 0 amide bonds. The molecule has 0 atom stereocenters. The topological polar surface area (TPSA) is 75.4 Å². The van der Waals surface area contributed by atoms with Crippen molar-refractivity contribution in [2.45, 2.75) is 44.4 Å². The number of hydrogen-bond acceptors (Lipinski definition) is 5. The Morgan fingerprint density at radius 3 is 2.71 bits per heavy atom. The zero-order chi connectivity index (χ0) is 12.3. The van der Waals surface area contributed by atoms with Gasteiger partial charge in [-0.2, -0.15) is 0 Å². The maximum Gasteiger partial charge on any atom is 0.324 e. The maximum absolute atomic E-state index is 10.5. The van der Waals surface area contributed by atoms with Crippen molar-refractivity contribution in [1.29, 1.82) is 0 Å². The Morgan fingerprint density at radius 1 is 1.41 bits per heavy atom. The van der Waals surface area contributed by atoms with Crippen LogP contribution in [-0.4, -0.2) is 22.2 Å². The lowest BCUT2D eigenvalue weighted by molar-refractivity contribution is -0.380. The van der Waals surface area contributed by atoms with Gasteiger partial charge < -0.3 is 10.4 Å². The van der Waals surface area contributed by atoms with Gasteiger partial charge in [0.2, 0.25) is 0 Å². The fourth-order valence-corrected chi connectivity index (χ4v) is 2.86. The highest BCUT2D eigenvalue weighted by atomic mass is 32.1. The van der Waals surface area contributed by atoms with Crippen LogP contribution in [0.25, 0.3) is 0 Å². The Kier molecular flexibility index (Phi) is 4.09. The second-order valence-corrected chi connectivity index (χ2v) is 5.53. The molecule has 1 fully saturated rings. The van der Waals surface area contributed by atoms with E-state index < -0.39 is 0 Å². The molecule has 2 rings (SSSR count). The summed E-state index contributed by atoms with van der Waals surface area (Å²) in [5.74, 6) is 0. The van der Waals surface area contributed by atoms with E-state index in [4.69, 9.17) is 0 Å². The molecule has 1 aromatic rings. The van der Waals surface area contributed by atoms with Gasteiger partial charge in [-0.1, -0.05) is 11.3 Å². The van der Waals surface area contributed by atoms with Crippen LogP contribution in [-0.2, 0) is 6.54 Å². The molecule has 1 aliphatic rings. The predicted molar refractivity (Wildman–Crippen MR) is 66.1 cm³/mol. The van der Waals surface area contributed by atoms with Crippen LogP contribution in [0.5, 0.6) is 0 Å². The van der Waals surface area contributed by atoms with Gasteiger partial charge in [0.1, 0.15) is 0 Å². The Labute approximate surface area is 104 Å². The minimum absolute atomic E-state index is 0.143. The molecular formula is C11H16N2O3S. The maximum atomic E-state index is 10.5. The van der Waals surface area contributed by atoms with E-state index in [1.807, 2.05) is 0 Å². The molecule has 1 aromatic heterocycles. The van der Waals surface area contributed by atoms with Crippen molar-refractivity contribution in [3.05, 3.63) is 27.1 Å². The van der Waals surface area contributed by atoms with E-state index in [1.165, 1.54) is 11.3 Å². The van der Waals surface area contributed by atoms with E-state index in [0.29, 0.717) is 12.6 Å². The third kappa shape index (κ3) is 3.49. The summed E-state index contributed by atoms with van der Waals surface area (Å²) >= 11 is 1.22. The summed E-state index contributed by atoms with van der Waals surface area (Å²) in [4.78, 5) is 11.2. The van der Waals surface area contributed by atoms with Crippen LogP contribution in [0.2, 0.25) is 0 Å². The van der Waals surface area contributed by atoms with Crippen LogP contribution in [0, 0.1) is 10.1 Å². The fourth-order valence-electron chi connectivity index (χ4n) is 2.08. The Bertz CT molecular complexity index is 386. The number of aliphatic hydroxyl groups excluding tert-OH is 1. The van der Waals surface area contributed by atoms with Gasteiger partial charge >= 0.3 is 5.00 Å². The molecule has 5 nitrogen and oxygen atoms in total. The van der Waals surface area contributed by atoms with Crippen LogP contribution in [0.3, 0.4) is 0 Å². The van der Waals surface area contributed by atoms with Crippen LogP contribution < -0.4 is 5.32 Å². The van der Waals surface area contributed by atoms with Crippen molar-refractivity contribution in [1.82, 2.24) is 5.32 Å². The summed E-state index contributed by atoms with van der Waals surface area (Å²) in [5, 5.41) is 23.5. The van der Waals surface area contributed by atoms with Gasteiger partial charge in [-0.25, -0.2) is 0 Å². The highest BCUT2D eigenvalue weighted by molar-refractivity contribution is 7.15. The van der Waals surface area contributed by atoms with Gasteiger partial charge in [0.15, 0.2) is 0 Å². The van der Waals surface area contributed by atoms with Crippen molar-refractivity contribution in [3.63, 3.8) is 0 Å². The quantitative estimate of drug-likeness (QED) is 0.638. The van der Waals surface area contributed by atoms with Gasteiger partial charge in [-0.05, 0) is 31.7 Å². The molecule has 0 spiro atoms. The molecule has 0 aromatic carbocycles. The number of hydrogen-bond donors (Lipinski definition) is 2. The van der Waals surface area contributed by atoms with Crippen LogP contribution >= 0.6 is 11.3 Å². The number of nitrogens with one attached hydrogen (secondary N) is 1. The predicted octanol–water partition coefficient (Wildman–Crippen LogP) is 2.05. The van der Waals surface area contributed by atoms with Gasteiger partial charge in [-0.15, -0.1) is 0 Å². The normalized spacial score (nSPS) is 24.8. The summed E-state index contributed by atoms with van der Waals surface area (Å²) < 4.78 is 0. The van der Waals surface area contributed by atoms with Crippen LogP contribution in [0.4, 0.5) is 5.00 Å². The lowest BCUT2D eigenvalue weighted by Gasteiger charge is -2.26.